The van der Waals surface area contributed by atoms with Gasteiger partial charge in [-0.2, -0.15) is 0 Å². The van der Waals surface area contributed by atoms with Crippen LogP contribution < -0.4 is 11.1 Å². The normalized spacial score (nSPS) is 17.8. The van der Waals surface area contributed by atoms with Crippen molar-refractivity contribution < 1.29 is 9.59 Å². The number of halogens is 1. The van der Waals surface area contributed by atoms with Crippen molar-refractivity contribution in [3.05, 3.63) is 28.8 Å². The van der Waals surface area contributed by atoms with Crippen molar-refractivity contribution in [2.75, 3.05) is 18.4 Å². The highest BCUT2D eigenvalue weighted by Crippen LogP contribution is 2.32. The molecule has 5 nitrogen and oxygen atoms in total. The molecule has 29 heavy (non-hydrogen) atoms. The molecule has 2 amide bonds. The van der Waals surface area contributed by atoms with E-state index in [2.05, 4.69) is 19.2 Å². The zero-order chi connectivity index (χ0) is 21.0. The Morgan fingerprint density at radius 2 is 1.83 bits per heavy atom. The molecule has 3 rings (SSSR count). The van der Waals surface area contributed by atoms with Crippen molar-refractivity contribution in [1.82, 2.24) is 4.90 Å². The third kappa shape index (κ3) is 6.19. The van der Waals surface area contributed by atoms with Gasteiger partial charge in [0.15, 0.2) is 0 Å². The maximum absolute atomic E-state index is 13.3. The number of hydrogen-bond donors (Lipinski definition) is 2. The Kier molecular flexibility index (Phi) is 7.23. The van der Waals surface area contributed by atoms with Gasteiger partial charge in [-0.05, 0) is 61.4 Å². The van der Waals surface area contributed by atoms with E-state index >= 15 is 0 Å². The van der Waals surface area contributed by atoms with Crippen LogP contribution in [0.25, 0.3) is 0 Å². The predicted octanol–water partition coefficient (Wildman–Crippen LogP) is 4.58. The first kappa shape index (κ1) is 22.1. The molecular weight excluding hydrogens is 386 g/mol. The fourth-order valence-corrected chi connectivity index (χ4v) is 4.15. The molecule has 2 fully saturated rings. The van der Waals surface area contributed by atoms with Crippen LogP contribution in [0.4, 0.5) is 5.69 Å². The number of carbonyl (C=O) groups excluding carboxylic acids is 2. The van der Waals surface area contributed by atoms with Crippen molar-refractivity contribution >= 4 is 29.1 Å². The van der Waals surface area contributed by atoms with Crippen LogP contribution in [0.3, 0.4) is 0 Å². The maximum atomic E-state index is 13.3. The molecule has 0 aliphatic heterocycles. The molecule has 3 N–H and O–H groups in total. The number of anilines is 1. The van der Waals surface area contributed by atoms with E-state index in [0.717, 1.165) is 49.8 Å². The van der Waals surface area contributed by atoms with Gasteiger partial charge in [-0.1, -0.05) is 44.7 Å². The lowest BCUT2D eigenvalue weighted by Crippen LogP contribution is -2.44. The van der Waals surface area contributed by atoms with Gasteiger partial charge >= 0.3 is 0 Å². The van der Waals surface area contributed by atoms with Gasteiger partial charge in [0.1, 0.15) is 0 Å². The van der Waals surface area contributed by atoms with Crippen LogP contribution in [0.5, 0.6) is 0 Å². The van der Waals surface area contributed by atoms with E-state index in [1.807, 2.05) is 17.0 Å². The Bertz CT molecular complexity index is 740. The monoisotopic (exact) mass is 419 g/mol. The van der Waals surface area contributed by atoms with Crippen LogP contribution in [-0.2, 0) is 16.1 Å². The van der Waals surface area contributed by atoms with Gasteiger partial charge in [0.05, 0.1) is 0 Å². The molecular formula is C23H34ClN3O2. The minimum absolute atomic E-state index is 0.0673. The molecule has 1 aromatic rings. The average Bonchev–Trinajstić information content (AvgIpc) is 3.55. The Balaban J connectivity index is 1.78. The minimum Gasteiger partial charge on any atom is -0.337 e. The first-order chi connectivity index (χ1) is 13.8. The van der Waals surface area contributed by atoms with Crippen LogP contribution in [0.15, 0.2) is 18.2 Å². The van der Waals surface area contributed by atoms with E-state index in [0.29, 0.717) is 24.7 Å². The first-order valence-corrected chi connectivity index (χ1v) is 11.2. The largest absolute Gasteiger partial charge is 0.337 e. The summed E-state index contributed by atoms with van der Waals surface area (Å²) in [5, 5.41) is 3.59. The number of benzene rings is 1. The Hall–Kier alpha value is -1.59. The van der Waals surface area contributed by atoms with Crippen LogP contribution in [0.2, 0.25) is 5.02 Å². The number of nitrogens with one attached hydrogen (secondary N) is 1. The van der Waals surface area contributed by atoms with Crippen LogP contribution in [0, 0.1) is 17.3 Å². The van der Waals surface area contributed by atoms with Gasteiger partial charge in [0.2, 0.25) is 11.8 Å². The molecule has 0 spiro atoms. The van der Waals surface area contributed by atoms with Crippen molar-refractivity contribution in [3.63, 3.8) is 0 Å². The van der Waals surface area contributed by atoms with E-state index in [4.69, 9.17) is 17.3 Å². The molecule has 2 aliphatic carbocycles. The molecule has 0 unspecified atom stereocenters. The zero-order valence-corrected chi connectivity index (χ0v) is 18.4. The van der Waals surface area contributed by atoms with Crippen molar-refractivity contribution in [2.24, 2.45) is 23.0 Å². The Morgan fingerprint density at radius 3 is 2.45 bits per heavy atom. The highest BCUT2D eigenvalue weighted by atomic mass is 35.5. The summed E-state index contributed by atoms with van der Waals surface area (Å²) in [5.74, 6) is 0.505. The number of hydrogen-bond acceptors (Lipinski definition) is 3. The summed E-state index contributed by atoms with van der Waals surface area (Å²) in [5.41, 5.74) is 7.38. The number of nitrogens with zero attached hydrogens (tertiary/aromatic N) is 1. The third-order valence-corrected chi connectivity index (χ3v) is 6.43. The lowest BCUT2D eigenvalue weighted by atomic mass is 9.86. The van der Waals surface area contributed by atoms with Crippen molar-refractivity contribution in [3.8, 4) is 0 Å². The number of rotatable bonds is 8. The van der Waals surface area contributed by atoms with E-state index < -0.39 is 0 Å². The molecule has 0 heterocycles. The van der Waals surface area contributed by atoms with Gasteiger partial charge in [-0.3, -0.25) is 9.59 Å². The summed E-state index contributed by atoms with van der Waals surface area (Å²) in [4.78, 5) is 27.4. The quantitative estimate of drug-likeness (QED) is 0.647. The van der Waals surface area contributed by atoms with E-state index in [1.165, 1.54) is 6.42 Å². The minimum atomic E-state index is -0.172. The third-order valence-electron chi connectivity index (χ3n) is 6.06. The molecule has 2 aliphatic rings. The van der Waals surface area contributed by atoms with Gasteiger partial charge in [-0.25, -0.2) is 0 Å². The standard InChI is InChI=1S/C23H34ClN3O2/c1-23(2,14-25)15-27(22(29)17-6-4-3-5-7-17)13-18-12-19(10-11-20(18)24)26-21(28)16-8-9-16/h10-12,16-17H,3-9,13-15,25H2,1-2H3,(H,26,28). The number of nitrogens with two attached hydrogens (primary N) is 1. The Labute approximate surface area is 179 Å². The molecule has 1 aromatic carbocycles. The summed E-state index contributed by atoms with van der Waals surface area (Å²) in [7, 11) is 0. The summed E-state index contributed by atoms with van der Waals surface area (Å²) >= 11 is 6.47. The average molecular weight is 420 g/mol. The van der Waals surface area contributed by atoms with Gasteiger partial charge < -0.3 is 16.0 Å². The fourth-order valence-electron chi connectivity index (χ4n) is 3.97. The molecule has 0 radical (unpaired) electrons. The lowest BCUT2D eigenvalue weighted by Gasteiger charge is -2.35. The van der Waals surface area contributed by atoms with Crippen LogP contribution in [-0.4, -0.2) is 29.8 Å². The summed E-state index contributed by atoms with van der Waals surface area (Å²) < 4.78 is 0. The highest BCUT2D eigenvalue weighted by Gasteiger charge is 2.31. The molecule has 2 saturated carbocycles. The van der Waals surface area contributed by atoms with E-state index in [-0.39, 0.29) is 29.1 Å². The zero-order valence-electron chi connectivity index (χ0n) is 17.7. The highest BCUT2D eigenvalue weighted by molar-refractivity contribution is 6.31. The second-order valence-corrected chi connectivity index (χ2v) is 9.87. The topological polar surface area (TPSA) is 75.4 Å². The van der Waals surface area contributed by atoms with E-state index in [9.17, 15) is 9.59 Å². The van der Waals surface area contributed by atoms with Crippen molar-refractivity contribution in [2.45, 2.75) is 65.3 Å². The molecule has 6 heteroatoms. The second kappa shape index (κ2) is 9.48. The molecule has 0 saturated heterocycles. The number of carbonyl (C=O) groups is 2. The van der Waals surface area contributed by atoms with Crippen LogP contribution in [0.1, 0.15) is 64.4 Å². The molecule has 0 bridgehead atoms. The maximum Gasteiger partial charge on any atom is 0.227 e. The van der Waals surface area contributed by atoms with Gasteiger partial charge in [0, 0.05) is 35.6 Å². The van der Waals surface area contributed by atoms with Gasteiger partial charge in [-0.15, -0.1) is 0 Å². The second-order valence-electron chi connectivity index (χ2n) is 9.47. The molecule has 160 valence electrons. The molecule has 0 atom stereocenters. The first-order valence-electron chi connectivity index (χ1n) is 10.9. The predicted molar refractivity (Wildman–Crippen MR) is 118 cm³/mol. The lowest BCUT2D eigenvalue weighted by molar-refractivity contribution is -0.138. The SMILES string of the molecule is CC(C)(CN)CN(Cc1cc(NC(=O)C2CC2)ccc1Cl)C(=O)C1CCCCC1. The number of amides is 2. The van der Waals surface area contributed by atoms with Crippen molar-refractivity contribution in [1.29, 1.82) is 0 Å². The Morgan fingerprint density at radius 1 is 1.14 bits per heavy atom. The molecule has 0 aromatic heterocycles. The van der Waals surface area contributed by atoms with Gasteiger partial charge in [0.25, 0.3) is 0 Å². The van der Waals surface area contributed by atoms with Crippen LogP contribution >= 0.6 is 11.6 Å². The van der Waals surface area contributed by atoms with E-state index in [1.54, 1.807) is 6.07 Å². The summed E-state index contributed by atoms with van der Waals surface area (Å²) in [6, 6.07) is 5.53. The fraction of sp³-hybridized carbons (Fsp3) is 0.652. The summed E-state index contributed by atoms with van der Waals surface area (Å²) in [6.07, 6.45) is 7.30. The summed E-state index contributed by atoms with van der Waals surface area (Å²) in [6.45, 7) is 5.70. The smallest absolute Gasteiger partial charge is 0.227 e.